The fourth-order valence-corrected chi connectivity index (χ4v) is 2.79. The molecule has 1 aliphatic rings. The third kappa shape index (κ3) is 3.93. The predicted molar refractivity (Wildman–Crippen MR) is 85.9 cm³/mol. The summed E-state index contributed by atoms with van der Waals surface area (Å²) in [5.74, 6) is 0.806. The summed E-state index contributed by atoms with van der Waals surface area (Å²) in [6.45, 7) is 1.60. The second kappa shape index (κ2) is 6.88. The van der Waals surface area contributed by atoms with E-state index >= 15 is 0 Å². The molecule has 1 saturated carbocycles. The fourth-order valence-electron chi connectivity index (χ4n) is 2.79. The number of methoxy groups -OCH3 is 1. The molecule has 1 atom stereocenters. The first kappa shape index (κ1) is 14.3. The Morgan fingerprint density at radius 1 is 1.00 bits per heavy atom. The van der Waals surface area contributed by atoms with Gasteiger partial charge in [-0.15, -0.1) is 0 Å². The summed E-state index contributed by atoms with van der Waals surface area (Å²) in [6.07, 6.45) is 2.69. The molecular weight excluding hydrogens is 258 g/mol. The number of nitrogens with one attached hydrogen (secondary N) is 1. The van der Waals surface area contributed by atoms with E-state index in [-0.39, 0.29) is 0 Å². The zero-order valence-electron chi connectivity index (χ0n) is 12.6. The third-order valence-corrected chi connectivity index (χ3v) is 4.11. The van der Waals surface area contributed by atoms with Crippen LogP contribution in [-0.2, 0) is 17.9 Å². The van der Waals surface area contributed by atoms with E-state index in [2.05, 4.69) is 59.9 Å². The molecule has 1 N–H and O–H groups in total. The number of rotatable bonds is 7. The number of hydrogen-bond donors (Lipinski definition) is 1. The highest BCUT2D eigenvalue weighted by molar-refractivity contribution is 5.24. The minimum atomic E-state index is 0.491. The molecule has 110 valence electrons. The van der Waals surface area contributed by atoms with Gasteiger partial charge in [-0.2, -0.15) is 0 Å². The van der Waals surface area contributed by atoms with Crippen molar-refractivity contribution in [3.8, 4) is 0 Å². The summed E-state index contributed by atoms with van der Waals surface area (Å²) in [5.41, 5.74) is 3.97. The summed E-state index contributed by atoms with van der Waals surface area (Å²) in [7, 11) is 1.73. The molecule has 0 aromatic heterocycles. The average molecular weight is 281 g/mol. The van der Waals surface area contributed by atoms with E-state index in [0.29, 0.717) is 12.6 Å². The fraction of sp³-hybridized carbons (Fsp3) is 0.368. The van der Waals surface area contributed by atoms with Gasteiger partial charge >= 0.3 is 0 Å². The Kier molecular flexibility index (Phi) is 4.69. The van der Waals surface area contributed by atoms with Crippen molar-refractivity contribution >= 4 is 0 Å². The molecule has 0 heterocycles. The number of hydrogen-bond acceptors (Lipinski definition) is 2. The van der Waals surface area contributed by atoms with Gasteiger partial charge in [0.15, 0.2) is 0 Å². The van der Waals surface area contributed by atoms with Gasteiger partial charge in [-0.3, -0.25) is 0 Å². The van der Waals surface area contributed by atoms with Gasteiger partial charge in [-0.25, -0.2) is 0 Å². The van der Waals surface area contributed by atoms with E-state index in [0.717, 1.165) is 12.5 Å². The van der Waals surface area contributed by atoms with Gasteiger partial charge in [-0.1, -0.05) is 54.6 Å². The third-order valence-electron chi connectivity index (χ3n) is 4.11. The molecule has 0 bridgehead atoms. The molecule has 21 heavy (non-hydrogen) atoms. The van der Waals surface area contributed by atoms with Crippen LogP contribution >= 0.6 is 0 Å². The topological polar surface area (TPSA) is 21.3 Å². The smallest absolute Gasteiger partial charge is 0.0713 e. The van der Waals surface area contributed by atoms with Crippen molar-refractivity contribution in [2.75, 3.05) is 7.11 Å². The van der Waals surface area contributed by atoms with Crippen molar-refractivity contribution in [3.63, 3.8) is 0 Å². The Hall–Kier alpha value is -1.64. The van der Waals surface area contributed by atoms with Crippen LogP contribution in [0.2, 0.25) is 0 Å². The Morgan fingerprint density at radius 2 is 1.67 bits per heavy atom. The molecule has 2 aromatic carbocycles. The van der Waals surface area contributed by atoms with Crippen molar-refractivity contribution in [1.82, 2.24) is 5.32 Å². The summed E-state index contributed by atoms with van der Waals surface area (Å²) >= 11 is 0. The van der Waals surface area contributed by atoms with Crippen LogP contribution in [0.4, 0.5) is 0 Å². The van der Waals surface area contributed by atoms with Crippen LogP contribution in [0.1, 0.15) is 35.6 Å². The van der Waals surface area contributed by atoms with E-state index in [1.165, 1.54) is 29.5 Å². The van der Waals surface area contributed by atoms with E-state index in [9.17, 15) is 0 Å². The van der Waals surface area contributed by atoms with Crippen molar-refractivity contribution in [2.45, 2.75) is 32.0 Å². The van der Waals surface area contributed by atoms with E-state index < -0.39 is 0 Å². The van der Waals surface area contributed by atoms with E-state index in [4.69, 9.17) is 4.74 Å². The molecule has 2 aromatic rings. The monoisotopic (exact) mass is 281 g/mol. The van der Waals surface area contributed by atoms with E-state index in [1.54, 1.807) is 7.11 Å². The lowest BCUT2D eigenvalue weighted by Crippen LogP contribution is -2.22. The minimum Gasteiger partial charge on any atom is -0.380 e. The summed E-state index contributed by atoms with van der Waals surface area (Å²) in [5, 5.41) is 3.73. The zero-order valence-corrected chi connectivity index (χ0v) is 12.6. The number of benzene rings is 2. The normalized spacial score (nSPS) is 15.9. The predicted octanol–water partition coefficient (Wildman–Crippen LogP) is 4.07. The van der Waals surface area contributed by atoms with Crippen molar-refractivity contribution < 1.29 is 4.74 Å². The summed E-state index contributed by atoms with van der Waals surface area (Å²) in [6, 6.07) is 20.0. The first-order valence-corrected chi connectivity index (χ1v) is 7.72. The van der Waals surface area contributed by atoms with Crippen LogP contribution in [-0.4, -0.2) is 7.11 Å². The summed E-state index contributed by atoms with van der Waals surface area (Å²) in [4.78, 5) is 0. The molecule has 0 radical (unpaired) electrons. The van der Waals surface area contributed by atoms with Crippen molar-refractivity contribution in [2.24, 2.45) is 5.92 Å². The summed E-state index contributed by atoms with van der Waals surface area (Å²) < 4.78 is 5.15. The van der Waals surface area contributed by atoms with Gasteiger partial charge < -0.3 is 10.1 Å². The van der Waals surface area contributed by atoms with Gasteiger partial charge in [-0.05, 0) is 35.4 Å². The van der Waals surface area contributed by atoms with Gasteiger partial charge in [0, 0.05) is 19.7 Å². The second-order valence-electron chi connectivity index (χ2n) is 5.86. The van der Waals surface area contributed by atoms with Crippen LogP contribution < -0.4 is 5.32 Å². The van der Waals surface area contributed by atoms with Crippen LogP contribution in [0.5, 0.6) is 0 Å². The maximum atomic E-state index is 5.15. The lowest BCUT2D eigenvalue weighted by Gasteiger charge is -2.19. The Bertz CT molecular complexity index is 546. The highest BCUT2D eigenvalue weighted by Gasteiger charge is 2.31. The Balaban J connectivity index is 1.62. The van der Waals surface area contributed by atoms with Crippen LogP contribution in [0.15, 0.2) is 54.6 Å². The van der Waals surface area contributed by atoms with Crippen molar-refractivity contribution in [3.05, 3.63) is 71.3 Å². The van der Waals surface area contributed by atoms with E-state index in [1.807, 2.05) is 0 Å². The molecule has 0 amide bonds. The lowest BCUT2D eigenvalue weighted by atomic mass is 10.0. The molecule has 1 aliphatic carbocycles. The first-order chi connectivity index (χ1) is 10.4. The highest BCUT2D eigenvalue weighted by Crippen LogP contribution is 2.41. The molecule has 2 nitrogen and oxygen atoms in total. The quantitative estimate of drug-likeness (QED) is 0.826. The number of ether oxygens (including phenoxy) is 1. The molecule has 0 spiro atoms. The maximum absolute atomic E-state index is 5.15. The lowest BCUT2D eigenvalue weighted by molar-refractivity contribution is 0.185. The standard InChI is InChI=1S/C19H23NO/c1-21-14-16-9-7-15(8-10-16)13-20-19(18-11-12-18)17-5-3-2-4-6-17/h2-10,18-20H,11-14H2,1H3. The zero-order chi connectivity index (χ0) is 14.5. The van der Waals surface area contributed by atoms with Crippen LogP contribution in [0.25, 0.3) is 0 Å². The Labute approximate surface area is 127 Å². The van der Waals surface area contributed by atoms with Crippen LogP contribution in [0.3, 0.4) is 0 Å². The molecule has 1 fully saturated rings. The highest BCUT2D eigenvalue weighted by atomic mass is 16.5. The van der Waals surface area contributed by atoms with Crippen LogP contribution in [0, 0.1) is 5.92 Å². The molecule has 1 unspecified atom stereocenters. The molecule has 2 heteroatoms. The molecule has 0 saturated heterocycles. The molecular formula is C19H23NO. The van der Waals surface area contributed by atoms with Gasteiger partial charge in [0.1, 0.15) is 0 Å². The van der Waals surface area contributed by atoms with Gasteiger partial charge in [0.25, 0.3) is 0 Å². The molecule has 0 aliphatic heterocycles. The second-order valence-corrected chi connectivity index (χ2v) is 5.86. The average Bonchev–Trinajstić information content (AvgIpc) is 3.35. The molecule has 3 rings (SSSR count). The van der Waals surface area contributed by atoms with Gasteiger partial charge in [0.05, 0.1) is 6.61 Å². The SMILES string of the molecule is COCc1ccc(CNC(c2ccccc2)C2CC2)cc1. The maximum Gasteiger partial charge on any atom is 0.0713 e. The first-order valence-electron chi connectivity index (χ1n) is 7.72. The van der Waals surface area contributed by atoms with Gasteiger partial charge in [0.2, 0.25) is 0 Å². The Morgan fingerprint density at radius 3 is 2.29 bits per heavy atom. The minimum absolute atomic E-state index is 0.491. The van der Waals surface area contributed by atoms with Crippen molar-refractivity contribution in [1.29, 1.82) is 0 Å². The largest absolute Gasteiger partial charge is 0.380 e.